The van der Waals surface area contributed by atoms with E-state index in [-0.39, 0.29) is 29.1 Å². The number of carbonyl (C=O) groups is 2. The summed E-state index contributed by atoms with van der Waals surface area (Å²) in [5.74, 6) is 1.00. The zero-order valence-electron chi connectivity index (χ0n) is 17.2. The third-order valence-corrected chi connectivity index (χ3v) is 4.87. The summed E-state index contributed by atoms with van der Waals surface area (Å²) in [5, 5.41) is 5.50. The molecule has 0 aliphatic carbocycles. The Hall–Kier alpha value is -2.74. The fourth-order valence-electron chi connectivity index (χ4n) is 2.62. The van der Waals surface area contributed by atoms with Gasteiger partial charge in [-0.3, -0.25) is 9.59 Å². The zero-order valence-corrected chi connectivity index (χ0v) is 18.0. The second kappa shape index (κ2) is 12.7. The zero-order chi connectivity index (χ0) is 21.8. The highest BCUT2D eigenvalue weighted by Crippen LogP contribution is 2.28. The molecule has 2 amide bonds. The van der Waals surface area contributed by atoms with Crippen molar-refractivity contribution >= 4 is 29.3 Å². The van der Waals surface area contributed by atoms with Crippen LogP contribution in [0.25, 0.3) is 0 Å². The first-order valence-electron chi connectivity index (χ1n) is 9.80. The number of nitrogens with one attached hydrogen (secondary N) is 2. The van der Waals surface area contributed by atoms with Crippen molar-refractivity contribution in [3.05, 3.63) is 53.8 Å². The van der Waals surface area contributed by atoms with Crippen LogP contribution in [0.2, 0.25) is 0 Å². The molecule has 0 saturated heterocycles. The first kappa shape index (κ1) is 23.5. The number of hydrogen-bond donors (Lipinski definition) is 2. The molecule has 0 spiro atoms. The topological polar surface area (TPSA) is 76.7 Å². The van der Waals surface area contributed by atoms with E-state index in [1.807, 2.05) is 32.0 Å². The first-order valence-corrected chi connectivity index (χ1v) is 11.0. The smallest absolute Gasteiger partial charge is 0.234 e. The van der Waals surface area contributed by atoms with E-state index in [0.29, 0.717) is 43.4 Å². The van der Waals surface area contributed by atoms with Gasteiger partial charge in [0.05, 0.1) is 24.7 Å². The van der Waals surface area contributed by atoms with E-state index >= 15 is 0 Å². The van der Waals surface area contributed by atoms with Gasteiger partial charge in [-0.1, -0.05) is 6.07 Å². The van der Waals surface area contributed by atoms with E-state index in [0.717, 1.165) is 5.56 Å². The third-order valence-electron chi connectivity index (χ3n) is 3.94. The Balaban J connectivity index is 1.67. The molecule has 0 atom stereocenters. The predicted octanol–water partition coefficient (Wildman–Crippen LogP) is 3.65. The largest absolute Gasteiger partial charge is 0.490 e. The van der Waals surface area contributed by atoms with Crippen LogP contribution < -0.4 is 20.1 Å². The van der Waals surface area contributed by atoms with Crippen molar-refractivity contribution in [2.45, 2.75) is 20.3 Å². The second-order valence-electron chi connectivity index (χ2n) is 6.29. The van der Waals surface area contributed by atoms with Gasteiger partial charge in [0.25, 0.3) is 0 Å². The number of carbonyl (C=O) groups excluding carboxylic acids is 2. The van der Waals surface area contributed by atoms with E-state index in [9.17, 15) is 14.0 Å². The highest BCUT2D eigenvalue weighted by molar-refractivity contribution is 8.00. The van der Waals surface area contributed by atoms with Crippen LogP contribution in [-0.4, -0.2) is 43.1 Å². The molecule has 8 heteroatoms. The van der Waals surface area contributed by atoms with Crippen molar-refractivity contribution in [3.8, 4) is 11.5 Å². The number of hydrogen-bond acceptors (Lipinski definition) is 5. The van der Waals surface area contributed by atoms with E-state index in [1.165, 1.54) is 36.0 Å². The van der Waals surface area contributed by atoms with Crippen LogP contribution in [-0.2, 0) is 16.0 Å². The van der Waals surface area contributed by atoms with Crippen LogP contribution in [0, 0.1) is 5.82 Å². The Bertz CT molecular complexity index is 830. The predicted molar refractivity (Wildman–Crippen MR) is 118 cm³/mol. The van der Waals surface area contributed by atoms with Gasteiger partial charge in [0.1, 0.15) is 5.82 Å². The van der Waals surface area contributed by atoms with Crippen LogP contribution in [0.4, 0.5) is 10.1 Å². The highest BCUT2D eigenvalue weighted by atomic mass is 32.2. The lowest BCUT2D eigenvalue weighted by atomic mass is 10.1. The van der Waals surface area contributed by atoms with Crippen LogP contribution in [0.1, 0.15) is 19.4 Å². The normalized spacial score (nSPS) is 10.4. The molecule has 0 heterocycles. The maximum atomic E-state index is 12.9. The number of ether oxygens (including phenoxy) is 2. The summed E-state index contributed by atoms with van der Waals surface area (Å²) in [6.45, 7) is 5.44. The fraction of sp³-hybridized carbons (Fsp3) is 0.364. The van der Waals surface area contributed by atoms with Gasteiger partial charge in [-0.25, -0.2) is 4.39 Å². The van der Waals surface area contributed by atoms with Gasteiger partial charge in [-0.15, -0.1) is 11.8 Å². The number of amides is 2. The summed E-state index contributed by atoms with van der Waals surface area (Å²) in [4.78, 5) is 23.8. The van der Waals surface area contributed by atoms with Crippen molar-refractivity contribution in [3.63, 3.8) is 0 Å². The quantitative estimate of drug-likeness (QED) is 0.533. The summed E-state index contributed by atoms with van der Waals surface area (Å²) >= 11 is 1.22. The summed E-state index contributed by atoms with van der Waals surface area (Å²) in [5.41, 5.74) is 1.56. The van der Waals surface area contributed by atoms with Gasteiger partial charge >= 0.3 is 0 Å². The van der Waals surface area contributed by atoms with E-state index in [1.54, 1.807) is 0 Å². The highest BCUT2D eigenvalue weighted by Gasteiger charge is 2.08. The molecule has 2 N–H and O–H groups in total. The summed E-state index contributed by atoms with van der Waals surface area (Å²) in [7, 11) is 0. The maximum absolute atomic E-state index is 12.9. The fourth-order valence-corrected chi connectivity index (χ4v) is 3.26. The van der Waals surface area contributed by atoms with E-state index < -0.39 is 0 Å². The van der Waals surface area contributed by atoms with Crippen LogP contribution >= 0.6 is 11.8 Å². The Labute approximate surface area is 180 Å². The number of rotatable bonds is 12. The standard InChI is InChI=1S/C22H27FN2O4S/c1-3-28-19-10-5-16(13-20(19)29-4-2)11-12-24-21(26)14-30-15-22(27)25-18-8-6-17(23)7-9-18/h5-10,13H,3-4,11-12,14-15H2,1-2H3,(H,24,26)(H,25,27). The molecular weight excluding hydrogens is 407 g/mol. The molecule has 0 aromatic heterocycles. The molecule has 30 heavy (non-hydrogen) atoms. The lowest BCUT2D eigenvalue weighted by Gasteiger charge is -2.12. The van der Waals surface area contributed by atoms with Crippen molar-refractivity contribution in [1.29, 1.82) is 0 Å². The third kappa shape index (κ3) is 8.32. The Morgan fingerprint density at radius 2 is 1.60 bits per heavy atom. The number of halogens is 1. The molecule has 0 unspecified atom stereocenters. The lowest BCUT2D eigenvalue weighted by Crippen LogP contribution is -2.28. The van der Waals surface area contributed by atoms with Crippen LogP contribution in [0.3, 0.4) is 0 Å². The number of thioether (sulfide) groups is 1. The second-order valence-corrected chi connectivity index (χ2v) is 7.28. The SMILES string of the molecule is CCOc1ccc(CCNC(=O)CSCC(=O)Nc2ccc(F)cc2)cc1OCC. The minimum Gasteiger partial charge on any atom is -0.490 e. The monoisotopic (exact) mass is 434 g/mol. The van der Waals surface area contributed by atoms with Gasteiger partial charge in [0.15, 0.2) is 11.5 Å². The molecule has 0 bridgehead atoms. The Morgan fingerprint density at radius 1 is 0.933 bits per heavy atom. The van der Waals surface area contributed by atoms with Crippen molar-refractivity contribution < 1.29 is 23.5 Å². The van der Waals surface area contributed by atoms with Gasteiger partial charge in [-0.05, 0) is 62.2 Å². The lowest BCUT2D eigenvalue weighted by molar-refractivity contribution is -0.118. The summed E-state index contributed by atoms with van der Waals surface area (Å²) in [6.07, 6.45) is 0.661. The van der Waals surface area contributed by atoms with Crippen molar-refractivity contribution in [1.82, 2.24) is 5.32 Å². The van der Waals surface area contributed by atoms with Crippen LogP contribution in [0.15, 0.2) is 42.5 Å². The average molecular weight is 435 g/mol. The van der Waals surface area contributed by atoms with Gasteiger partial charge in [0.2, 0.25) is 11.8 Å². The molecule has 0 saturated carbocycles. The van der Waals surface area contributed by atoms with Crippen molar-refractivity contribution in [2.24, 2.45) is 0 Å². The average Bonchev–Trinajstić information content (AvgIpc) is 2.72. The molecule has 2 aromatic carbocycles. The summed E-state index contributed by atoms with van der Waals surface area (Å²) < 4.78 is 24.0. The molecule has 0 fully saturated rings. The van der Waals surface area contributed by atoms with E-state index in [4.69, 9.17) is 9.47 Å². The summed E-state index contributed by atoms with van der Waals surface area (Å²) in [6, 6.07) is 11.3. The molecular formula is C22H27FN2O4S. The molecule has 6 nitrogen and oxygen atoms in total. The first-order chi connectivity index (χ1) is 14.5. The maximum Gasteiger partial charge on any atom is 0.234 e. The Morgan fingerprint density at radius 3 is 2.30 bits per heavy atom. The van der Waals surface area contributed by atoms with Crippen LogP contribution in [0.5, 0.6) is 11.5 Å². The molecule has 2 rings (SSSR count). The minimum atomic E-state index is -0.363. The minimum absolute atomic E-state index is 0.134. The van der Waals surface area contributed by atoms with Gasteiger partial charge in [0, 0.05) is 12.2 Å². The number of benzene rings is 2. The molecule has 162 valence electrons. The van der Waals surface area contributed by atoms with Gasteiger partial charge < -0.3 is 20.1 Å². The number of anilines is 1. The van der Waals surface area contributed by atoms with E-state index in [2.05, 4.69) is 10.6 Å². The van der Waals surface area contributed by atoms with Crippen molar-refractivity contribution in [2.75, 3.05) is 36.6 Å². The molecule has 2 aromatic rings. The molecule has 0 radical (unpaired) electrons. The van der Waals surface area contributed by atoms with Gasteiger partial charge in [-0.2, -0.15) is 0 Å². The Kier molecular flexibility index (Phi) is 10.00. The molecule has 0 aliphatic rings. The molecule has 0 aliphatic heterocycles.